The molecule has 0 bridgehead atoms. The number of rotatable bonds is 9. The number of piperazine rings is 1. The second-order valence-electron chi connectivity index (χ2n) is 13.8. The van der Waals surface area contributed by atoms with Gasteiger partial charge in [0, 0.05) is 62.9 Å². The van der Waals surface area contributed by atoms with Crippen molar-refractivity contribution >= 4 is 17.5 Å². The van der Waals surface area contributed by atoms with Crippen LogP contribution in [0.2, 0.25) is 0 Å². The summed E-state index contributed by atoms with van der Waals surface area (Å²) >= 11 is 0. The maximum atomic E-state index is 14.3. The summed E-state index contributed by atoms with van der Waals surface area (Å²) in [7, 11) is 0. The lowest BCUT2D eigenvalue weighted by molar-refractivity contribution is -0.122. The third-order valence-electron chi connectivity index (χ3n) is 9.91. The number of hydrogen-bond donors (Lipinski definition) is 2. The highest BCUT2D eigenvalue weighted by Crippen LogP contribution is 2.35. The number of aromatic nitrogens is 1. The van der Waals surface area contributed by atoms with Crippen LogP contribution < -0.4 is 20.3 Å². The lowest BCUT2D eigenvalue weighted by Crippen LogP contribution is -2.63. The summed E-state index contributed by atoms with van der Waals surface area (Å²) in [4.78, 5) is 39.2. The third-order valence-corrected chi connectivity index (χ3v) is 9.91. The first-order valence-corrected chi connectivity index (χ1v) is 17.1. The molecule has 0 unspecified atom stereocenters. The number of benzene rings is 1. The average molecular weight is 653 g/mol. The molecule has 6 rings (SSSR count). The van der Waals surface area contributed by atoms with Crippen molar-refractivity contribution in [3.05, 3.63) is 53.0 Å². The maximum Gasteiger partial charge on any atom is 0.270 e. The van der Waals surface area contributed by atoms with Crippen molar-refractivity contribution in [1.82, 2.24) is 25.4 Å². The Hall–Kier alpha value is -3.16. The number of carbonyl (C=O) groups excluding carboxylic acids is 2. The van der Waals surface area contributed by atoms with Crippen LogP contribution in [0, 0.1) is 11.7 Å². The monoisotopic (exact) mass is 652 g/mol. The lowest BCUT2D eigenvalue weighted by Gasteiger charge is -2.46. The molecule has 3 saturated heterocycles. The Morgan fingerprint density at radius 3 is 2.51 bits per heavy atom. The van der Waals surface area contributed by atoms with E-state index in [1.165, 1.54) is 12.1 Å². The van der Waals surface area contributed by atoms with Crippen molar-refractivity contribution in [1.29, 1.82) is 0 Å². The Balaban J connectivity index is 1.26. The Labute approximate surface area is 277 Å². The van der Waals surface area contributed by atoms with Gasteiger partial charge >= 0.3 is 0 Å². The molecular weight excluding hydrogens is 603 g/mol. The van der Waals surface area contributed by atoms with Gasteiger partial charge in [-0.25, -0.2) is 9.37 Å². The van der Waals surface area contributed by atoms with Crippen LogP contribution in [-0.2, 0) is 20.7 Å². The number of halogens is 1. The zero-order chi connectivity index (χ0) is 33.1. The SMILES string of the molecule is C[C@@H]1CN(CC(=O)N2c3cc(Cc4ccc(F)cc4)c(C(=O)NC[C@@H]4CCOC4)nc3OC[C@@H]2C)[C@@H](CN2[C@H](C)COC[C@H]2C)CN1. The quantitative estimate of drug-likeness (QED) is 0.423. The molecule has 1 aromatic carbocycles. The van der Waals surface area contributed by atoms with E-state index in [0.29, 0.717) is 62.7 Å². The highest BCUT2D eigenvalue weighted by Gasteiger charge is 2.37. The number of nitrogens with zero attached hydrogens (tertiary/aromatic N) is 4. The molecule has 0 saturated carbocycles. The van der Waals surface area contributed by atoms with Crippen molar-refractivity contribution in [2.24, 2.45) is 5.92 Å². The van der Waals surface area contributed by atoms with Crippen molar-refractivity contribution in [3.8, 4) is 5.88 Å². The van der Waals surface area contributed by atoms with Gasteiger partial charge < -0.3 is 29.7 Å². The number of fused-ring (bicyclic) bond motifs is 1. The molecule has 3 fully saturated rings. The van der Waals surface area contributed by atoms with E-state index in [-0.39, 0.29) is 66.4 Å². The van der Waals surface area contributed by atoms with Crippen LogP contribution in [0.5, 0.6) is 5.88 Å². The molecule has 2 aromatic rings. The molecule has 256 valence electrons. The van der Waals surface area contributed by atoms with Gasteiger partial charge in [-0.2, -0.15) is 0 Å². The van der Waals surface area contributed by atoms with Gasteiger partial charge in [0.05, 0.1) is 32.4 Å². The van der Waals surface area contributed by atoms with E-state index in [4.69, 9.17) is 19.2 Å². The summed E-state index contributed by atoms with van der Waals surface area (Å²) in [5, 5.41) is 6.64. The van der Waals surface area contributed by atoms with Crippen molar-refractivity contribution in [3.63, 3.8) is 0 Å². The van der Waals surface area contributed by atoms with Crippen LogP contribution >= 0.6 is 0 Å². The molecule has 1 aromatic heterocycles. The average Bonchev–Trinajstić information content (AvgIpc) is 3.57. The number of morpholine rings is 1. The van der Waals surface area contributed by atoms with Crippen LogP contribution in [0.4, 0.5) is 10.1 Å². The summed E-state index contributed by atoms with van der Waals surface area (Å²) in [6, 6.07) is 8.91. The van der Waals surface area contributed by atoms with E-state index in [9.17, 15) is 14.0 Å². The zero-order valence-corrected chi connectivity index (χ0v) is 28.0. The molecule has 47 heavy (non-hydrogen) atoms. The smallest absolute Gasteiger partial charge is 0.270 e. The zero-order valence-electron chi connectivity index (χ0n) is 28.0. The van der Waals surface area contributed by atoms with Crippen molar-refractivity contribution < 1.29 is 28.2 Å². The molecule has 6 atom stereocenters. The number of ether oxygens (including phenoxy) is 3. The summed E-state index contributed by atoms with van der Waals surface area (Å²) in [5.41, 5.74) is 2.29. The molecule has 0 radical (unpaired) electrons. The summed E-state index contributed by atoms with van der Waals surface area (Å²) in [6.45, 7) is 14.7. The first-order valence-electron chi connectivity index (χ1n) is 17.1. The third kappa shape index (κ3) is 7.94. The molecule has 5 heterocycles. The first-order chi connectivity index (χ1) is 22.7. The van der Waals surface area contributed by atoms with Gasteiger partial charge in [-0.1, -0.05) is 12.1 Å². The minimum absolute atomic E-state index is 0.0304. The number of hydrogen-bond acceptors (Lipinski definition) is 9. The Bertz CT molecular complexity index is 1400. The Kier molecular flexibility index (Phi) is 10.7. The van der Waals surface area contributed by atoms with E-state index < -0.39 is 0 Å². The van der Waals surface area contributed by atoms with Gasteiger partial charge in [-0.15, -0.1) is 0 Å². The van der Waals surface area contributed by atoms with Gasteiger partial charge in [-0.3, -0.25) is 19.4 Å². The van der Waals surface area contributed by atoms with Crippen molar-refractivity contribution in [2.75, 3.05) is 70.7 Å². The normalized spacial score (nSPS) is 28.5. The van der Waals surface area contributed by atoms with Crippen LogP contribution in [-0.4, -0.2) is 123 Å². The maximum absolute atomic E-state index is 14.3. The number of carbonyl (C=O) groups is 2. The number of nitrogens with one attached hydrogen (secondary N) is 2. The van der Waals surface area contributed by atoms with Crippen LogP contribution in [0.3, 0.4) is 0 Å². The largest absolute Gasteiger partial charge is 0.474 e. The van der Waals surface area contributed by atoms with E-state index in [1.807, 2.05) is 13.0 Å². The molecule has 2 amide bonds. The van der Waals surface area contributed by atoms with E-state index in [0.717, 1.165) is 31.6 Å². The van der Waals surface area contributed by atoms with E-state index >= 15 is 0 Å². The molecule has 4 aliphatic heterocycles. The number of anilines is 1. The standard InChI is InChI=1S/C35H49FN6O5/c1-22-15-40(30(14-37-22)16-41-23(2)18-46-19-24(41)3)17-32(43)42-25(4)20-47-35-31(42)12-28(11-26-5-7-29(36)8-6-26)33(39-35)34(44)38-13-27-9-10-45-21-27/h5-8,12,22-25,27,30,37H,9-11,13-21H2,1-4H3,(H,38,44)/t22-,23-,24-,25+,27+,30-/m1/s1. The predicted octanol–water partition coefficient (Wildman–Crippen LogP) is 2.46. The van der Waals surface area contributed by atoms with E-state index in [2.05, 4.69) is 41.2 Å². The summed E-state index contributed by atoms with van der Waals surface area (Å²) in [6.07, 6.45) is 1.25. The fourth-order valence-electron chi connectivity index (χ4n) is 7.21. The highest BCUT2D eigenvalue weighted by molar-refractivity contribution is 5.99. The van der Waals surface area contributed by atoms with Gasteiger partial charge in [0.15, 0.2) is 0 Å². The second kappa shape index (κ2) is 14.9. The van der Waals surface area contributed by atoms with Gasteiger partial charge in [0.25, 0.3) is 5.91 Å². The predicted molar refractivity (Wildman–Crippen MR) is 176 cm³/mol. The van der Waals surface area contributed by atoms with Crippen LogP contribution in [0.1, 0.15) is 55.7 Å². The topological polar surface area (TPSA) is 109 Å². The molecule has 0 aliphatic carbocycles. The Morgan fingerprint density at radius 1 is 1.02 bits per heavy atom. The fraction of sp³-hybridized carbons (Fsp3) is 0.629. The second-order valence-corrected chi connectivity index (χ2v) is 13.8. The number of pyridine rings is 1. The summed E-state index contributed by atoms with van der Waals surface area (Å²) < 4.78 is 31.0. The fourth-order valence-corrected chi connectivity index (χ4v) is 7.21. The van der Waals surface area contributed by atoms with E-state index in [1.54, 1.807) is 17.0 Å². The molecule has 12 heteroatoms. The molecule has 2 N–H and O–H groups in total. The minimum Gasteiger partial charge on any atom is -0.474 e. The van der Waals surface area contributed by atoms with Crippen LogP contribution in [0.15, 0.2) is 30.3 Å². The van der Waals surface area contributed by atoms with Crippen molar-refractivity contribution in [2.45, 2.75) is 70.7 Å². The van der Waals surface area contributed by atoms with Gasteiger partial charge in [0.2, 0.25) is 11.8 Å². The van der Waals surface area contributed by atoms with Crippen LogP contribution in [0.25, 0.3) is 0 Å². The van der Waals surface area contributed by atoms with Gasteiger partial charge in [-0.05, 0) is 69.9 Å². The summed E-state index contributed by atoms with van der Waals surface area (Å²) in [5.74, 6) is -0.132. The lowest BCUT2D eigenvalue weighted by atomic mass is 10.0. The molecule has 4 aliphatic rings. The molecule has 11 nitrogen and oxygen atoms in total. The first kappa shape index (κ1) is 33.7. The highest BCUT2D eigenvalue weighted by atomic mass is 19.1. The van der Waals surface area contributed by atoms with Gasteiger partial charge in [0.1, 0.15) is 23.8 Å². The minimum atomic E-state index is -0.328. The molecule has 0 spiro atoms. The number of amides is 2. The molecular formula is C35H49FN6O5. The Morgan fingerprint density at radius 2 is 1.79 bits per heavy atom.